The minimum atomic E-state index is -0.257. The second kappa shape index (κ2) is 7.65. The minimum absolute atomic E-state index is 0.194. The molecular weight excluding hydrogens is 316 g/mol. The third kappa shape index (κ3) is 4.47. The first-order valence-electron chi connectivity index (χ1n) is 6.98. The van der Waals surface area contributed by atoms with Crippen LogP contribution in [0, 0.1) is 0 Å². The van der Waals surface area contributed by atoms with E-state index in [2.05, 4.69) is 10.6 Å². The van der Waals surface area contributed by atoms with Gasteiger partial charge in [-0.1, -0.05) is 29.8 Å². The van der Waals surface area contributed by atoms with Gasteiger partial charge in [0, 0.05) is 13.5 Å². The molecule has 0 aliphatic carbocycles. The number of hydrogen-bond acceptors (Lipinski definition) is 3. The lowest BCUT2D eigenvalue weighted by Gasteiger charge is -2.12. The fraction of sp³-hybridized carbons (Fsp3) is 0.176. The average Bonchev–Trinajstić information content (AvgIpc) is 2.52. The second-order valence-electron chi connectivity index (χ2n) is 4.88. The Balaban J connectivity index is 2.10. The van der Waals surface area contributed by atoms with Crippen LogP contribution in [-0.2, 0) is 11.3 Å². The van der Waals surface area contributed by atoms with Gasteiger partial charge in [-0.25, -0.2) is 0 Å². The molecule has 2 amide bonds. The van der Waals surface area contributed by atoms with E-state index >= 15 is 0 Å². The van der Waals surface area contributed by atoms with Crippen LogP contribution in [0.5, 0.6) is 5.75 Å². The lowest BCUT2D eigenvalue weighted by molar-refractivity contribution is -0.114. The summed E-state index contributed by atoms with van der Waals surface area (Å²) in [5.41, 5.74) is 1.81. The Morgan fingerprint density at radius 2 is 1.91 bits per heavy atom. The van der Waals surface area contributed by atoms with Crippen LogP contribution < -0.4 is 15.4 Å². The molecule has 0 bridgehead atoms. The maximum absolute atomic E-state index is 12.1. The number of ether oxygens (including phenoxy) is 1. The molecule has 120 valence electrons. The molecule has 0 radical (unpaired) electrons. The van der Waals surface area contributed by atoms with E-state index in [9.17, 15) is 9.59 Å². The molecule has 0 saturated heterocycles. The normalized spacial score (nSPS) is 10.0. The molecule has 2 aromatic rings. The van der Waals surface area contributed by atoms with Crippen LogP contribution in [0.15, 0.2) is 42.5 Å². The Kier molecular flexibility index (Phi) is 5.60. The Bertz CT molecular complexity index is 732. The maximum Gasteiger partial charge on any atom is 0.253 e. The van der Waals surface area contributed by atoms with E-state index in [0.717, 1.165) is 5.56 Å². The van der Waals surface area contributed by atoms with Gasteiger partial charge in [0.25, 0.3) is 5.91 Å². The number of hydrogen-bond donors (Lipinski definition) is 2. The largest absolute Gasteiger partial charge is 0.495 e. The SMILES string of the molecule is COc1ccc(CNC(=O)c2ccccc2Cl)cc1NC(C)=O. The molecule has 0 spiro atoms. The standard InChI is InChI=1S/C17H17ClN2O3/c1-11(21)20-15-9-12(7-8-16(15)23-2)10-19-17(22)13-5-3-4-6-14(13)18/h3-9H,10H2,1-2H3,(H,19,22)(H,20,21). The van der Waals surface area contributed by atoms with E-state index in [1.54, 1.807) is 36.4 Å². The van der Waals surface area contributed by atoms with Gasteiger partial charge in [-0.2, -0.15) is 0 Å². The number of methoxy groups -OCH3 is 1. The predicted molar refractivity (Wildman–Crippen MR) is 89.9 cm³/mol. The zero-order valence-corrected chi connectivity index (χ0v) is 13.6. The van der Waals surface area contributed by atoms with Gasteiger partial charge in [0.2, 0.25) is 5.91 Å². The van der Waals surface area contributed by atoms with Crippen molar-refractivity contribution in [2.75, 3.05) is 12.4 Å². The van der Waals surface area contributed by atoms with Crippen LogP contribution in [-0.4, -0.2) is 18.9 Å². The van der Waals surface area contributed by atoms with Crippen molar-refractivity contribution in [1.82, 2.24) is 5.32 Å². The lowest BCUT2D eigenvalue weighted by atomic mass is 10.1. The number of carbonyl (C=O) groups is 2. The summed E-state index contributed by atoms with van der Waals surface area (Å²) in [6.07, 6.45) is 0. The number of benzene rings is 2. The molecule has 0 fully saturated rings. The topological polar surface area (TPSA) is 67.4 Å². The summed E-state index contributed by atoms with van der Waals surface area (Å²) >= 11 is 6.00. The van der Waals surface area contributed by atoms with Crippen molar-refractivity contribution in [3.8, 4) is 5.75 Å². The van der Waals surface area contributed by atoms with Crippen molar-refractivity contribution in [3.05, 3.63) is 58.6 Å². The van der Waals surface area contributed by atoms with E-state index in [0.29, 0.717) is 28.6 Å². The van der Waals surface area contributed by atoms with Crippen LogP contribution >= 0.6 is 11.6 Å². The molecule has 0 aliphatic rings. The molecule has 2 aromatic carbocycles. The predicted octanol–water partition coefficient (Wildman–Crippen LogP) is 3.24. The summed E-state index contributed by atoms with van der Waals surface area (Å²) in [6, 6.07) is 12.2. The zero-order valence-electron chi connectivity index (χ0n) is 12.9. The fourth-order valence-corrected chi connectivity index (χ4v) is 2.30. The number of anilines is 1. The van der Waals surface area contributed by atoms with Crippen LogP contribution in [0.25, 0.3) is 0 Å². The molecule has 0 atom stereocenters. The summed E-state index contributed by atoms with van der Waals surface area (Å²) in [7, 11) is 1.53. The molecule has 0 heterocycles. The first-order chi connectivity index (χ1) is 11.0. The zero-order chi connectivity index (χ0) is 16.8. The number of rotatable bonds is 5. The molecule has 0 unspecified atom stereocenters. The van der Waals surface area contributed by atoms with Crippen molar-refractivity contribution in [2.24, 2.45) is 0 Å². The van der Waals surface area contributed by atoms with Crippen LogP contribution in [0.1, 0.15) is 22.8 Å². The molecule has 6 heteroatoms. The molecule has 2 N–H and O–H groups in total. The number of carbonyl (C=O) groups excluding carboxylic acids is 2. The summed E-state index contributed by atoms with van der Waals surface area (Å²) < 4.78 is 5.19. The third-order valence-electron chi connectivity index (χ3n) is 3.15. The summed E-state index contributed by atoms with van der Waals surface area (Å²) in [4.78, 5) is 23.4. The smallest absolute Gasteiger partial charge is 0.253 e. The van der Waals surface area contributed by atoms with Gasteiger partial charge < -0.3 is 15.4 Å². The summed E-state index contributed by atoms with van der Waals surface area (Å²) in [5.74, 6) is 0.106. The minimum Gasteiger partial charge on any atom is -0.495 e. The van der Waals surface area contributed by atoms with Crippen LogP contribution in [0.4, 0.5) is 5.69 Å². The van der Waals surface area contributed by atoms with Crippen molar-refractivity contribution >= 4 is 29.1 Å². The lowest BCUT2D eigenvalue weighted by Crippen LogP contribution is -2.23. The van der Waals surface area contributed by atoms with Gasteiger partial charge in [0.1, 0.15) is 5.75 Å². The highest BCUT2D eigenvalue weighted by atomic mass is 35.5. The quantitative estimate of drug-likeness (QED) is 0.883. The van der Waals surface area contributed by atoms with Crippen molar-refractivity contribution in [3.63, 3.8) is 0 Å². The molecule has 5 nitrogen and oxygen atoms in total. The maximum atomic E-state index is 12.1. The Morgan fingerprint density at radius 3 is 2.57 bits per heavy atom. The number of amides is 2. The molecule has 23 heavy (non-hydrogen) atoms. The number of halogens is 1. The highest BCUT2D eigenvalue weighted by molar-refractivity contribution is 6.33. The number of nitrogens with one attached hydrogen (secondary N) is 2. The molecule has 0 aliphatic heterocycles. The fourth-order valence-electron chi connectivity index (χ4n) is 2.08. The van der Waals surface area contributed by atoms with Gasteiger partial charge in [-0.05, 0) is 29.8 Å². The van der Waals surface area contributed by atoms with Crippen molar-refractivity contribution in [1.29, 1.82) is 0 Å². The summed E-state index contributed by atoms with van der Waals surface area (Å²) in [6.45, 7) is 1.73. The van der Waals surface area contributed by atoms with Gasteiger partial charge >= 0.3 is 0 Å². The highest BCUT2D eigenvalue weighted by Crippen LogP contribution is 2.25. The van der Waals surface area contributed by atoms with E-state index < -0.39 is 0 Å². The third-order valence-corrected chi connectivity index (χ3v) is 3.48. The molecule has 0 saturated carbocycles. The van der Waals surface area contributed by atoms with Crippen LogP contribution in [0.2, 0.25) is 5.02 Å². The molecule has 0 aromatic heterocycles. The first kappa shape index (κ1) is 16.8. The Morgan fingerprint density at radius 1 is 1.17 bits per heavy atom. The van der Waals surface area contributed by atoms with E-state index in [4.69, 9.17) is 16.3 Å². The monoisotopic (exact) mass is 332 g/mol. The van der Waals surface area contributed by atoms with Crippen LogP contribution in [0.3, 0.4) is 0 Å². The van der Waals surface area contributed by atoms with Gasteiger partial charge in [0.15, 0.2) is 0 Å². The average molecular weight is 333 g/mol. The summed E-state index contributed by atoms with van der Waals surface area (Å²) in [5, 5.41) is 5.89. The van der Waals surface area contributed by atoms with E-state index in [1.165, 1.54) is 14.0 Å². The highest BCUT2D eigenvalue weighted by Gasteiger charge is 2.10. The Hall–Kier alpha value is -2.53. The van der Waals surface area contributed by atoms with Crippen molar-refractivity contribution < 1.29 is 14.3 Å². The van der Waals surface area contributed by atoms with E-state index in [1.807, 2.05) is 6.07 Å². The van der Waals surface area contributed by atoms with Gasteiger partial charge in [0.05, 0.1) is 23.4 Å². The molecule has 2 rings (SSSR count). The molecular formula is C17H17ClN2O3. The van der Waals surface area contributed by atoms with E-state index in [-0.39, 0.29) is 11.8 Å². The Labute approximate surface area is 139 Å². The van der Waals surface area contributed by atoms with Gasteiger partial charge in [-0.15, -0.1) is 0 Å². The second-order valence-corrected chi connectivity index (χ2v) is 5.29. The first-order valence-corrected chi connectivity index (χ1v) is 7.36. The van der Waals surface area contributed by atoms with Gasteiger partial charge in [-0.3, -0.25) is 9.59 Å². The van der Waals surface area contributed by atoms with Crippen molar-refractivity contribution in [2.45, 2.75) is 13.5 Å².